The summed E-state index contributed by atoms with van der Waals surface area (Å²) < 4.78 is 1.90. The predicted molar refractivity (Wildman–Crippen MR) is 63.4 cm³/mol. The van der Waals surface area contributed by atoms with Crippen LogP contribution in [-0.4, -0.2) is 14.8 Å². The second-order valence-electron chi connectivity index (χ2n) is 3.75. The lowest BCUT2D eigenvalue weighted by molar-refractivity contribution is 0.831. The molecule has 2 aromatic rings. The molecule has 84 valence electrons. The molecule has 5 nitrogen and oxygen atoms in total. The number of nitrogens with one attached hydrogen (secondary N) is 1. The number of pyridine rings is 1. The van der Waals surface area contributed by atoms with Crippen molar-refractivity contribution < 1.29 is 0 Å². The summed E-state index contributed by atoms with van der Waals surface area (Å²) in [5.41, 5.74) is 6.86. The van der Waals surface area contributed by atoms with Crippen molar-refractivity contribution in [1.82, 2.24) is 14.8 Å². The third-order valence-corrected chi connectivity index (χ3v) is 2.79. The van der Waals surface area contributed by atoms with Crippen LogP contribution < -0.4 is 11.3 Å². The van der Waals surface area contributed by atoms with Crippen LogP contribution in [0.3, 0.4) is 0 Å². The first-order chi connectivity index (χ1) is 7.63. The van der Waals surface area contributed by atoms with E-state index in [1.165, 1.54) is 5.56 Å². The van der Waals surface area contributed by atoms with Gasteiger partial charge in [0.2, 0.25) is 0 Å². The van der Waals surface area contributed by atoms with Crippen molar-refractivity contribution in [1.29, 1.82) is 0 Å². The topological polar surface area (TPSA) is 68.8 Å². The van der Waals surface area contributed by atoms with Gasteiger partial charge in [0, 0.05) is 18.0 Å². The van der Waals surface area contributed by atoms with E-state index in [4.69, 9.17) is 5.84 Å². The van der Waals surface area contributed by atoms with Crippen LogP contribution >= 0.6 is 0 Å². The quantitative estimate of drug-likeness (QED) is 0.590. The van der Waals surface area contributed by atoms with Crippen molar-refractivity contribution in [3.8, 4) is 5.69 Å². The Morgan fingerprint density at radius 1 is 1.31 bits per heavy atom. The van der Waals surface area contributed by atoms with E-state index in [-0.39, 0.29) is 0 Å². The maximum atomic E-state index is 5.33. The third-order valence-electron chi connectivity index (χ3n) is 2.79. The van der Waals surface area contributed by atoms with Crippen molar-refractivity contribution in [3.63, 3.8) is 0 Å². The van der Waals surface area contributed by atoms with Crippen LogP contribution in [0.4, 0.5) is 5.82 Å². The zero-order chi connectivity index (χ0) is 11.7. The van der Waals surface area contributed by atoms with Gasteiger partial charge < -0.3 is 5.43 Å². The summed E-state index contributed by atoms with van der Waals surface area (Å²) in [6.45, 7) is 6.12. The molecule has 5 heteroatoms. The zero-order valence-corrected chi connectivity index (χ0v) is 9.65. The molecule has 0 spiro atoms. The highest BCUT2D eigenvalue weighted by Crippen LogP contribution is 2.17. The monoisotopic (exact) mass is 217 g/mol. The van der Waals surface area contributed by atoms with Crippen LogP contribution in [0.15, 0.2) is 18.3 Å². The van der Waals surface area contributed by atoms with Gasteiger partial charge in [0.05, 0.1) is 11.4 Å². The summed E-state index contributed by atoms with van der Waals surface area (Å²) in [5.74, 6) is 5.96. The molecule has 0 atom stereocenters. The fraction of sp³-hybridized carbons (Fsp3) is 0.273. The molecule has 0 saturated heterocycles. The van der Waals surface area contributed by atoms with E-state index in [0.717, 1.165) is 17.1 Å². The second kappa shape index (κ2) is 3.94. The molecule has 0 amide bonds. The molecule has 16 heavy (non-hydrogen) atoms. The van der Waals surface area contributed by atoms with Gasteiger partial charge in [-0.3, -0.25) is 0 Å². The van der Waals surface area contributed by atoms with E-state index >= 15 is 0 Å². The summed E-state index contributed by atoms with van der Waals surface area (Å²) in [6, 6.07) is 3.76. The summed E-state index contributed by atoms with van der Waals surface area (Å²) in [5, 5.41) is 4.48. The summed E-state index contributed by atoms with van der Waals surface area (Å²) in [4.78, 5) is 4.07. The SMILES string of the molecule is Cc1nn(-c2ccnc(NN)c2)c(C)c1C. The molecule has 0 radical (unpaired) electrons. The summed E-state index contributed by atoms with van der Waals surface area (Å²) in [7, 11) is 0. The number of nitrogen functional groups attached to an aromatic ring is 1. The molecule has 3 N–H and O–H groups in total. The van der Waals surface area contributed by atoms with E-state index in [1.807, 2.05) is 30.7 Å². The largest absolute Gasteiger partial charge is 0.308 e. The molecular weight excluding hydrogens is 202 g/mol. The van der Waals surface area contributed by atoms with Gasteiger partial charge in [-0.2, -0.15) is 5.10 Å². The minimum absolute atomic E-state index is 0.628. The fourth-order valence-electron chi connectivity index (χ4n) is 1.60. The summed E-state index contributed by atoms with van der Waals surface area (Å²) >= 11 is 0. The Labute approximate surface area is 94.3 Å². The molecule has 0 aliphatic rings. The van der Waals surface area contributed by atoms with Gasteiger partial charge in [-0.15, -0.1) is 0 Å². The number of aromatic nitrogens is 3. The van der Waals surface area contributed by atoms with Crippen molar-refractivity contribution in [2.45, 2.75) is 20.8 Å². The van der Waals surface area contributed by atoms with Gasteiger partial charge >= 0.3 is 0 Å². The molecule has 0 aliphatic heterocycles. The van der Waals surface area contributed by atoms with Gasteiger partial charge in [-0.05, 0) is 32.4 Å². The smallest absolute Gasteiger partial charge is 0.142 e. The van der Waals surface area contributed by atoms with Gasteiger partial charge in [-0.25, -0.2) is 15.5 Å². The minimum atomic E-state index is 0.628. The van der Waals surface area contributed by atoms with E-state index in [0.29, 0.717) is 5.82 Å². The Morgan fingerprint density at radius 2 is 2.06 bits per heavy atom. The maximum absolute atomic E-state index is 5.33. The highest BCUT2D eigenvalue weighted by atomic mass is 15.3. The number of aryl methyl sites for hydroxylation is 1. The van der Waals surface area contributed by atoms with Gasteiger partial charge in [0.25, 0.3) is 0 Å². The molecule has 2 heterocycles. The molecule has 0 fully saturated rings. The van der Waals surface area contributed by atoms with Crippen LogP contribution in [-0.2, 0) is 0 Å². The molecule has 2 rings (SSSR count). The Kier molecular flexibility index (Phi) is 2.62. The fourth-order valence-corrected chi connectivity index (χ4v) is 1.60. The molecular formula is C11H15N5. The lowest BCUT2D eigenvalue weighted by Gasteiger charge is -2.06. The lowest BCUT2D eigenvalue weighted by Crippen LogP contribution is -2.09. The number of nitrogens with zero attached hydrogens (tertiary/aromatic N) is 3. The standard InChI is InChI=1S/C11H15N5/c1-7-8(2)15-16(9(7)3)10-4-5-13-11(6-10)14-12/h4-6H,12H2,1-3H3,(H,13,14). The highest BCUT2D eigenvalue weighted by molar-refractivity contribution is 5.45. The number of hydrogen-bond acceptors (Lipinski definition) is 4. The van der Waals surface area contributed by atoms with Crippen LogP contribution in [0.2, 0.25) is 0 Å². The van der Waals surface area contributed by atoms with E-state index in [2.05, 4.69) is 22.4 Å². The normalized spacial score (nSPS) is 10.5. The van der Waals surface area contributed by atoms with E-state index in [9.17, 15) is 0 Å². The van der Waals surface area contributed by atoms with E-state index < -0.39 is 0 Å². The van der Waals surface area contributed by atoms with Gasteiger partial charge in [0.1, 0.15) is 5.82 Å². The Balaban J connectivity index is 2.54. The van der Waals surface area contributed by atoms with Crippen molar-refractivity contribution in [3.05, 3.63) is 35.3 Å². The van der Waals surface area contributed by atoms with E-state index in [1.54, 1.807) is 6.20 Å². The van der Waals surface area contributed by atoms with Crippen LogP contribution in [0.25, 0.3) is 5.69 Å². The second-order valence-corrected chi connectivity index (χ2v) is 3.75. The first-order valence-electron chi connectivity index (χ1n) is 5.09. The van der Waals surface area contributed by atoms with Crippen molar-refractivity contribution >= 4 is 5.82 Å². The average molecular weight is 217 g/mol. The molecule has 0 aromatic carbocycles. The molecule has 0 unspecified atom stereocenters. The van der Waals surface area contributed by atoms with Crippen molar-refractivity contribution in [2.75, 3.05) is 5.43 Å². The number of hydrazine groups is 1. The number of rotatable bonds is 2. The van der Waals surface area contributed by atoms with Gasteiger partial charge in [-0.1, -0.05) is 0 Å². The van der Waals surface area contributed by atoms with Gasteiger partial charge in [0.15, 0.2) is 0 Å². The highest BCUT2D eigenvalue weighted by Gasteiger charge is 2.09. The lowest BCUT2D eigenvalue weighted by atomic mass is 10.2. The minimum Gasteiger partial charge on any atom is -0.308 e. The Hall–Kier alpha value is -1.88. The number of anilines is 1. The molecule has 2 aromatic heterocycles. The number of hydrogen-bond donors (Lipinski definition) is 2. The summed E-state index contributed by atoms with van der Waals surface area (Å²) in [6.07, 6.45) is 1.70. The average Bonchev–Trinajstić information content (AvgIpc) is 2.57. The van der Waals surface area contributed by atoms with Crippen molar-refractivity contribution in [2.24, 2.45) is 5.84 Å². The molecule has 0 saturated carbocycles. The maximum Gasteiger partial charge on any atom is 0.142 e. The zero-order valence-electron chi connectivity index (χ0n) is 9.65. The van der Waals surface area contributed by atoms with Crippen LogP contribution in [0, 0.1) is 20.8 Å². The predicted octanol–water partition coefficient (Wildman–Crippen LogP) is 1.48. The van der Waals surface area contributed by atoms with Crippen LogP contribution in [0.1, 0.15) is 17.0 Å². The molecule has 0 bridgehead atoms. The Bertz CT molecular complexity index is 515. The molecule has 0 aliphatic carbocycles. The third kappa shape index (κ3) is 1.65. The number of nitrogens with two attached hydrogens (primary N) is 1. The van der Waals surface area contributed by atoms with Crippen LogP contribution in [0.5, 0.6) is 0 Å². The Morgan fingerprint density at radius 3 is 2.62 bits per heavy atom. The first-order valence-corrected chi connectivity index (χ1v) is 5.09. The first kappa shape index (κ1) is 10.6.